The molecule has 0 saturated carbocycles. The molecule has 7 nitrogen and oxygen atoms in total. The summed E-state index contributed by atoms with van der Waals surface area (Å²) in [6, 6.07) is 12.5. The molecule has 0 aliphatic rings. The average molecular weight is 458 g/mol. The molecular formula is C21H20BrN3O4. The van der Waals surface area contributed by atoms with Gasteiger partial charge in [0.15, 0.2) is 6.61 Å². The molecule has 0 aliphatic heterocycles. The predicted octanol–water partition coefficient (Wildman–Crippen LogP) is 3.72. The van der Waals surface area contributed by atoms with Crippen molar-refractivity contribution in [3.8, 4) is 5.75 Å². The lowest BCUT2D eigenvalue weighted by Gasteiger charge is -2.12. The highest BCUT2D eigenvalue weighted by atomic mass is 79.9. The van der Waals surface area contributed by atoms with Crippen LogP contribution in [0.4, 0.5) is 0 Å². The molecule has 0 amide bonds. The van der Waals surface area contributed by atoms with Crippen molar-refractivity contribution < 1.29 is 14.3 Å². The quantitative estimate of drug-likeness (QED) is 0.416. The minimum Gasteiger partial charge on any atom is -0.481 e. The Balaban J connectivity index is 2.05. The molecule has 0 bridgehead atoms. The first-order valence-electron chi connectivity index (χ1n) is 8.96. The summed E-state index contributed by atoms with van der Waals surface area (Å²) in [5.41, 5.74) is 0.978. The van der Waals surface area contributed by atoms with Crippen LogP contribution in [0.25, 0.3) is 10.9 Å². The van der Waals surface area contributed by atoms with Crippen LogP contribution in [0.5, 0.6) is 5.75 Å². The molecule has 0 spiro atoms. The zero-order chi connectivity index (χ0) is 21.0. The van der Waals surface area contributed by atoms with Gasteiger partial charge in [0, 0.05) is 16.0 Å². The van der Waals surface area contributed by atoms with Gasteiger partial charge >= 0.3 is 5.97 Å². The Morgan fingerprint density at radius 1 is 1.28 bits per heavy atom. The molecule has 2 aromatic carbocycles. The monoisotopic (exact) mass is 457 g/mol. The molecule has 0 unspecified atom stereocenters. The summed E-state index contributed by atoms with van der Waals surface area (Å²) >= 11 is 3.39. The molecule has 1 aromatic heterocycles. The third-order valence-corrected chi connectivity index (χ3v) is 4.65. The van der Waals surface area contributed by atoms with E-state index in [4.69, 9.17) is 4.74 Å². The Bertz CT molecular complexity index is 1140. The number of benzene rings is 2. The summed E-state index contributed by atoms with van der Waals surface area (Å²) in [6.07, 6.45) is 1.52. The summed E-state index contributed by atoms with van der Waals surface area (Å²) in [7, 11) is 1.30. The van der Waals surface area contributed by atoms with Gasteiger partial charge < -0.3 is 9.47 Å². The normalized spacial score (nSPS) is 11.3. The number of aromatic nitrogens is 2. The lowest BCUT2D eigenvalue weighted by molar-refractivity contribution is -0.142. The van der Waals surface area contributed by atoms with E-state index in [1.54, 1.807) is 30.3 Å². The van der Waals surface area contributed by atoms with Crippen molar-refractivity contribution in [2.45, 2.75) is 19.8 Å². The largest absolute Gasteiger partial charge is 0.481 e. The summed E-state index contributed by atoms with van der Waals surface area (Å²) in [6.45, 7) is 3.68. The second-order valence-electron chi connectivity index (χ2n) is 6.55. The summed E-state index contributed by atoms with van der Waals surface area (Å²) in [4.78, 5) is 29.0. The van der Waals surface area contributed by atoms with Crippen molar-refractivity contribution in [2.75, 3.05) is 13.7 Å². The van der Waals surface area contributed by atoms with E-state index in [9.17, 15) is 9.59 Å². The number of carbonyl (C=O) groups excluding carboxylic acids is 1. The maximum absolute atomic E-state index is 13.1. The maximum Gasteiger partial charge on any atom is 0.343 e. The van der Waals surface area contributed by atoms with Crippen molar-refractivity contribution in [1.82, 2.24) is 9.66 Å². The van der Waals surface area contributed by atoms with Crippen LogP contribution in [0.1, 0.15) is 31.2 Å². The molecule has 0 radical (unpaired) electrons. The Kier molecular flexibility index (Phi) is 6.43. The molecule has 1 heterocycles. The molecule has 3 rings (SSSR count). The van der Waals surface area contributed by atoms with Crippen LogP contribution in [-0.2, 0) is 9.53 Å². The van der Waals surface area contributed by atoms with Crippen molar-refractivity contribution in [3.05, 3.63) is 68.7 Å². The highest BCUT2D eigenvalue weighted by Gasteiger charge is 2.14. The van der Waals surface area contributed by atoms with E-state index in [0.717, 1.165) is 4.47 Å². The molecule has 0 saturated heterocycles. The third-order valence-electron chi connectivity index (χ3n) is 4.15. The number of fused-ring (bicyclic) bond motifs is 1. The van der Waals surface area contributed by atoms with Crippen molar-refractivity contribution >= 4 is 39.0 Å². The number of nitrogens with zero attached hydrogens (tertiary/aromatic N) is 3. The van der Waals surface area contributed by atoms with Gasteiger partial charge in [-0.15, -0.1) is 0 Å². The van der Waals surface area contributed by atoms with E-state index < -0.39 is 5.97 Å². The van der Waals surface area contributed by atoms with Gasteiger partial charge in [-0.05, 0) is 30.3 Å². The third kappa shape index (κ3) is 4.71. The standard InChI is InChI=1S/C21H20BrN3O4/c1-13(2)20-24-17-9-8-15(22)10-16(17)21(27)25(20)23-11-14-6-4-5-7-18(14)29-12-19(26)28-3/h4-11,13H,12H2,1-3H3. The first-order chi connectivity index (χ1) is 13.9. The minimum absolute atomic E-state index is 0.0151. The van der Waals surface area contributed by atoms with Gasteiger partial charge in [0.2, 0.25) is 0 Å². The number of halogens is 1. The van der Waals surface area contributed by atoms with E-state index in [-0.39, 0.29) is 18.1 Å². The first kappa shape index (κ1) is 20.7. The smallest absolute Gasteiger partial charge is 0.343 e. The second-order valence-corrected chi connectivity index (χ2v) is 7.47. The topological polar surface area (TPSA) is 82.8 Å². The van der Waals surface area contributed by atoms with Crippen LogP contribution in [0.15, 0.2) is 56.8 Å². The van der Waals surface area contributed by atoms with Crippen LogP contribution in [0, 0.1) is 0 Å². The van der Waals surface area contributed by atoms with Crippen molar-refractivity contribution in [2.24, 2.45) is 5.10 Å². The molecule has 0 fully saturated rings. The van der Waals surface area contributed by atoms with Crippen LogP contribution < -0.4 is 10.3 Å². The maximum atomic E-state index is 13.1. The highest BCUT2D eigenvalue weighted by molar-refractivity contribution is 9.10. The first-order valence-corrected chi connectivity index (χ1v) is 9.75. The summed E-state index contributed by atoms with van der Waals surface area (Å²) in [5, 5.41) is 4.86. The molecule has 29 heavy (non-hydrogen) atoms. The average Bonchev–Trinajstić information content (AvgIpc) is 2.72. The lowest BCUT2D eigenvalue weighted by Crippen LogP contribution is -2.23. The highest BCUT2D eigenvalue weighted by Crippen LogP contribution is 2.20. The Hall–Kier alpha value is -3.00. The fourth-order valence-corrected chi connectivity index (χ4v) is 3.05. The summed E-state index contributed by atoms with van der Waals surface area (Å²) < 4.78 is 12.2. The van der Waals surface area contributed by atoms with Crippen molar-refractivity contribution in [1.29, 1.82) is 0 Å². The fraction of sp³-hybridized carbons (Fsp3) is 0.238. The van der Waals surface area contributed by atoms with Crippen LogP contribution >= 0.6 is 15.9 Å². The van der Waals surface area contributed by atoms with Gasteiger partial charge in [-0.2, -0.15) is 9.78 Å². The Labute approximate surface area is 176 Å². The number of carbonyl (C=O) groups is 1. The molecule has 0 aliphatic carbocycles. The van der Waals surface area contributed by atoms with E-state index in [1.807, 2.05) is 26.0 Å². The summed E-state index contributed by atoms with van der Waals surface area (Å²) in [5.74, 6) is 0.504. The number of esters is 1. The van der Waals surface area contributed by atoms with E-state index in [1.165, 1.54) is 18.0 Å². The lowest BCUT2D eigenvalue weighted by atomic mass is 10.2. The van der Waals surface area contributed by atoms with Crippen LogP contribution in [0.3, 0.4) is 0 Å². The molecular weight excluding hydrogens is 438 g/mol. The van der Waals surface area contributed by atoms with Gasteiger partial charge in [0.1, 0.15) is 11.6 Å². The van der Waals surface area contributed by atoms with E-state index in [2.05, 4.69) is 30.8 Å². The molecule has 3 aromatic rings. The van der Waals surface area contributed by atoms with Crippen LogP contribution in [-0.4, -0.2) is 35.6 Å². The number of methoxy groups -OCH3 is 1. The van der Waals surface area contributed by atoms with E-state index >= 15 is 0 Å². The minimum atomic E-state index is -0.487. The number of hydrogen-bond donors (Lipinski definition) is 0. The van der Waals surface area contributed by atoms with Gasteiger partial charge in [0.25, 0.3) is 5.56 Å². The van der Waals surface area contributed by atoms with Gasteiger partial charge in [-0.3, -0.25) is 4.79 Å². The molecule has 150 valence electrons. The number of ether oxygens (including phenoxy) is 2. The van der Waals surface area contributed by atoms with Crippen LogP contribution in [0.2, 0.25) is 0 Å². The molecule has 8 heteroatoms. The fourth-order valence-electron chi connectivity index (χ4n) is 2.69. The number of hydrogen-bond acceptors (Lipinski definition) is 6. The Morgan fingerprint density at radius 2 is 2.03 bits per heavy atom. The van der Waals surface area contributed by atoms with Gasteiger partial charge in [0.05, 0.1) is 24.2 Å². The number of para-hydroxylation sites is 1. The predicted molar refractivity (Wildman–Crippen MR) is 115 cm³/mol. The van der Waals surface area contributed by atoms with Gasteiger partial charge in [-0.1, -0.05) is 41.9 Å². The van der Waals surface area contributed by atoms with Crippen molar-refractivity contribution in [3.63, 3.8) is 0 Å². The zero-order valence-electron chi connectivity index (χ0n) is 16.3. The molecule has 0 atom stereocenters. The number of rotatable bonds is 6. The Morgan fingerprint density at radius 3 is 2.76 bits per heavy atom. The SMILES string of the molecule is COC(=O)COc1ccccc1C=Nn1c(C(C)C)nc2ccc(Br)cc2c1=O. The van der Waals surface area contributed by atoms with E-state index in [0.29, 0.717) is 28.0 Å². The molecule has 0 N–H and O–H groups in total. The van der Waals surface area contributed by atoms with Gasteiger partial charge in [-0.25, -0.2) is 9.78 Å². The zero-order valence-corrected chi connectivity index (χ0v) is 17.8. The second kappa shape index (κ2) is 9.00.